The van der Waals surface area contributed by atoms with Crippen LogP contribution in [0.5, 0.6) is 5.75 Å². The highest BCUT2D eigenvalue weighted by Gasteiger charge is 2.23. The second-order valence-corrected chi connectivity index (χ2v) is 7.52. The molecule has 1 amide bonds. The van der Waals surface area contributed by atoms with Gasteiger partial charge in [-0.15, -0.1) is 0 Å². The van der Waals surface area contributed by atoms with Crippen molar-refractivity contribution in [3.8, 4) is 28.1 Å². The number of phenolic OH excluding ortho intramolecular Hbond substituents is 1. The topological polar surface area (TPSA) is 95.1 Å². The Kier molecular flexibility index (Phi) is 5.16. The van der Waals surface area contributed by atoms with Gasteiger partial charge in [-0.05, 0) is 17.7 Å². The van der Waals surface area contributed by atoms with Gasteiger partial charge in [0.15, 0.2) is 0 Å². The Morgan fingerprint density at radius 2 is 1.39 bits per heavy atom. The average molecular weight is 433 g/mol. The molecule has 1 aromatic heterocycles. The van der Waals surface area contributed by atoms with Crippen molar-refractivity contribution in [1.29, 1.82) is 0 Å². The van der Waals surface area contributed by atoms with Gasteiger partial charge >= 0.3 is 0 Å². The second-order valence-electron chi connectivity index (χ2n) is 7.52. The zero-order valence-electron chi connectivity index (χ0n) is 17.4. The SMILES string of the molecule is O=C(Nc1cccc2c(O)cccc12)c1c(-c2ccccc2)c(-c2ccccc2)n[nH]c1=O. The lowest BCUT2D eigenvalue weighted by atomic mass is 9.95. The number of H-pyrrole nitrogens is 1. The zero-order valence-corrected chi connectivity index (χ0v) is 17.4. The summed E-state index contributed by atoms with van der Waals surface area (Å²) in [5.41, 5.74) is 2.30. The summed E-state index contributed by atoms with van der Waals surface area (Å²) in [4.78, 5) is 26.4. The Bertz CT molecular complexity index is 1530. The van der Waals surface area contributed by atoms with Gasteiger partial charge in [0.25, 0.3) is 11.5 Å². The first-order valence-corrected chi connectivity index (χ1v) is 10.4. The fourth-order valence-electron chi connectivity index (χ4n) is 3.95. The van der Waals surface area contributed by atoms with Crippen molar-refractivity contribution in [3.63, 3.8) is 0 Å². The number of aromatic nitrogens is 2. The van der Waals surface area contributed by atoms with Gasteiger partial charge in [0.1, 0.15) is 11.3 Å². The van der Waals surface area contributed by atoms with Gasteiger partial charge in [0.05, 0.1) is 5.69 Å². The predicted octanol–water partition coefficient (Wildman–Crippen LogP) is 5.22. The number of fused-ring (bicyclic) bond motifs is 1. The molecule has 160 valence electrons. The van der Waals surface area contributed by atoms with Crippen molar-refractivity contribution in [2.75, 3.05) is 5.32 Å². The standard InChI is InChI=1S/C27H19N3O3/c31-22-16-8-13-19-20(22)14-7-15-21(19)28-26(32)24-23(17-9-3-1-4-10-17)25(29-30-27(24)33)18-11-5-2-6-12-18/h1-16,31H,(H,28,32)(H,30,33). The molecule has 5 rings (SSSR count). The van der Waals surface area contributed by atoms with Gasteiger partial charge in [-0.3, -0.25) is 9.59 Å². The second kappa shape index (κ2) is 8.43. The molecule has 1 heterocycles. The van der Waals surface area contributed by atoms with Gasteiger partial charge in [0.2, 0.25) is 0 Å². The summed E-state index contributed by atoms with van der Waals surface area (Å²) < 4.78 is 0. The van der Waals surface area contributed by atoms with Crippen molar-refractivity contribution >= 4 is 22.4 Å². The maximum atomic E-state index is 13.5. The summed E-state index contributed by atoms with van der Waals surface area (Å²) in [6.45, 7) is 0. The highest BCUT2D eigenvalue weighted by molar-refractivity contribution is 6.13. The number of hydrogen-bond donors (Lipinski definition) is 3. The number of benzene rings is 4. The Balaban J connectivity index is 1.69. The number of carbonyl (C=O) groups excluding carboxylic acids is 1. The molecular weight excluding hydrogens is 414 g/mol. The number of aromatic amines is 1. The van der Waals surface area contributed by atoms with E-state index in [1.165, 1.54) is 0 Å². The molecule has 0 aliphatic carbocycles. The van der Waals surface area contributed by atoms with E-state index in [2.05, 4.69) is 15.5 Å². The van der Waals surface area contributed by atoms with E-state index in [-0.39, 0.29) is 11.3 Å². The summed E-state index contributed by atoms with van der Waals surface area (Å²) in [7, 11) is 0. The minimum Gasteiger partial charge on any atom is -0.507 e. The number of rotatable bonds is 4. The lowest BCUT2D eigenvalue weighted by Gasteiger charge is -2.15. The van der Waals surface area contributed by atoms with Crippen LogP contribution in [0.2, 0.25) is 0 Å². The number of nitrogens with one attached hydrogen (secondary N) is 2. The van der Waals surface area contributed by atoms with Crippen LogP contribution < -0.4 is 10.9 Å². The van der Waals surface area contributed by atoms with Crippen LogP contribution in [0.3, 0.4) is 0 Å². The van der Waals surface area contributed by atoms with E-state index in [9.17, 15) is 14.7 Å². The quantitative estimate of drug-likeness (QED) is 0.362. The Morgan fingerprint density at radius 1 is 0.758 bits per heavy atom. The maximum absolute atomic E-state index is 13.5. The normalized spacial score (nSPS) is 10.8. The van der Waals surface area contributed by atoms with E-state index in [1.807, 2.05) is 60.7 Å². The predicted molar refractivity (Wildman–Crippen MR) is 129 cm³/mol. The molecule has 0 bridgehead atoms. The summed E-state index contributed by atoms with van der Waals surface area (Å²) in [5.74, 6) is -0.452. The molecule has 0 saturated heterocycles. The van der Waals surface area contributed by atoms with Gasteiger partial charge in [-0.2, -0.15) is 5.10 Å². The summed E-state index contributed by atoms with van der Waals surface area (Å²) in [5, 5.41) is 21.1. The fourth-order valence-corrected chi connectivity index (χ4v) is 3.95. The molecule has 0 saturated carbocycles. The van der Waals surface area contributed by atoms with Crippen molar-refractivity contribution in [1.82, 2.24) is 10.2 Å². The molecule has 3 N–H and O–H groups in total. The summed E-state index contributed by atoms with van der Waals surface area (Å²) in [6.07, 6.45) is 0. The molecule has 0 aliphatic rings. The van der Waals surface area contributed by atoms with Gasteiger partial charge < -0.3 is 10.4 Å². The summed E-state index contributed by atoms with van der Waals surface area (Å²) in [6, 6.07) is 29.0. The van der Waals surface area contributed by atoms with Gasteiger partial charge in [-0.1, -0.05) is 84.9 Å². The molecular formula is C27H19N3O3. The van der Waals surface area contributed by atoms with Crippen molar-refractivity contribution in [2.45, 2.75) is 0 Å². The number of anilines is 1. The van der Waals surface area contributed by atoms with Crippen LogP contribution in [0.25, 0.3) is 33.2 Å². The van der Waals surface area contributed by atoms with E-state index >= 15 is 0 Å². The number of aromatic hydroxyl groups is 1. The third kappa shape index (κ3) is 3.74. The molecule has 33 heavy (non-hydrogen) atoms. The first-order chi connectivity index (χ1) is 16.1. The van der Waals surface area contributed by atoms with Crippen LogP contribution in [0.1, 0.15) is 10.4 Å². The first-order valence-electron chi connectivity index (χ1n) is 10.4. The average Bonchev–Trinajstić information content (AvgIpc) is 2.85. The zero-order chi connectivity index (χ0) is 22.8. The molecule has 0 spiro atoms. The molecule has 6 nitrogen and oxygen atoms in total. The molecule has 0 unspecified atom stereocenters. The van der Waals surface area contributed by atoms with Crippen LogP contribution >= 0.6 is 0 Å². The molecule has 0 radical (unpaired) electrons. The minimum absolute atomic E-state index is 0.0350. The molecule has 0 fully saturated rings. The van der Waals surface area contributed by atoms with Crippen LogP contribution in [0.15, 0.2) is 102 Å². The van der Waals surface area contributed by atoms with Gasteiger partial charge in [-0.25, -0.2) is 5.10 Å². The number of carbonyl (C=O) groups is 1. The Morgan fingerprint density at radius 3 is 2.12 bits per heavy atom. The summed E-state index contributed by atoms with van der Waals surface area (Å²) >= 11 is 0. The molecule has 6 heteroatoms. The van der Waals surface area contributed by atoms with E-state index in [0.29, 0.717) is 33.3 Å². The minimum atomic E-state index is -0.589. The fraction of sp³-hybridized carbons (Fsp3) is 0. The molecule has 4 aromatic carbocycles. The monoisotopic (exact) mass is 433 g/mol. The van der Waals surface area contributed by atoms with E-state index in [0.717, 1.165) is 5.56 Å². The Hall–Kier alpha value is -4.71. The number of nitrogens with zero attached hydrogens (tertiary/aromatic N) is 1. The van der Waals surface area contributed by atoms with Crippen molar-refractivity contribution in [2.24, 2.45) is 0 Å². The third-order valence-electron chi connectivity index (χ3n) is 5.47. The van der Waals surface area contributed by atoms with Crippen LogP contribution in [-0.2, 0) is 0 Å². The molecule has 0 atom stereocenters. The third-order valence-corrected chi connectivity index (χ3v) is 5.47. The van der Waals surface area contributed by atoms with Crippen LogP contribution in [0.4, 0.5) is 5.69 Å². The van der Waals surface area contributed by atoms with Crippen molar-refractivity contribution < 1.29 is 9.90 Å². The lowest BCUT2D eigenvalue weighted by molar-refractivity contribution is 0.102. The van der Waals surface area contributed by atoms with E-state index in [4.69, 9.17) is 0 Å². The molecule has 0 aliphatic heterocycles. The maximum Gasteiger partial charge on any atom is 0.277 e. The highest BCUT2D eigenvalue weighted by Crippen LogP contribution is 2.33. The van der Waals surface area contributed by atoms with Gasteiger partial charge in [0, 0.05) is 27.6 Å². The smallest absolute Gasteiger partial charge is 0.277 e. The highest BCUT2D eigenvalue weighted by atomic mass is 16.3. The van der Waals surface area contributed by atoms with E-state index in [1.54, 1.807) is 36.4 Å². The van der Waals surface area contributed by atoms with Crippen LogP contribution in [-0.4, -0.2) is 21.2 Å². The molecule has 5 aromatic rings. The Labute approximate surface area is 189 Å². The van der Waals surface area contributed by atoms with Crippen molar-refractivity contribution in [3.05, 3.63) is 113 Å². The van der Waals surface area contributed by atoms with Crippen LogP contribution in [0, 0.1) is 0 Å². The lowest BCUT2D eigenvalue weighted by Crippen LogP contribution is -2.26. The number of amides is 1. The largest absolute Gasteiger partial charge is 0.507 e. The number of phenols is 1. The number of hydrogen-bond acceptors (Lipinski definition) is 4. The first kappa shape index (κ1) is 20.2. The van der Waals surface area contributed by atoms with E-state index < -0.39 is 11.5 Å².